The summed E-state index contributed by atoms with van der Waals surface area (Å²) < 4.78 is 0. The topological polar surface area (TPSA) is 60.6 Å². The van der Waals surface area contributed by atoms with Gasteiger partial charge >= 0.3 is 0 Å². The lowest BCUT2D eigenvalue weighted by Gasteiger charge is -2.21. The lowest BCUT2D eigenvalue weighted by molar-refractivity contribution is 0.0246. The molecule has 2 aromatic rings. The van der Waals surface area contributed by atoms with Crippen LogP contribution in [0.2, 0.25) is 0 Å². The Morgan fingerprint density at radius 3 is 2.00 bits per heavy atom. The van der Waals surface area contributed by atoms with Crippen molar-refractivity contribution in [3.05, 3.63) is 71.3 Å². The fourth-order valence-electron chi connectivity index (χ4n) is 3.58. The number of aliphatic hydroxyl groups excluding tert-OH is 1. The zero-order valence-corrected chi connectivity index (χ0v) is 12.6. The van der Waals surface area contributed by atoms with Crippen molar-refractivity contribution in [1.29, 1.82) is 0 Å². The zero-order valence-electron chi connectivity index (χ0n) is 12.6. The standard InChI is InChI=1S/C18H16N2O3/c1-12-18(11-21,13-7-3-2-4-8-13)20(12)19-16(22)14-9-5-6-10-15(14)17(19)23/h2-10,12,21H,11H2,1H3/t12-,18+,20?/m1/s1. The molecule has 2 heterocycles. The summed E-state index contributed by atoms with van der Waals surface area (Å²) in [6.07, 6.45) is 0. The maximum atomic E-state index is 12.7. The number of nitrogens with zero attached hydrogens (tertiary/aromatic N) is 2. The summed E-state index contributed by atoms with van der Waals surface area (Å²) in [6.45, 7) is 1.75. The lowest BCUT2D eigenvalue weighted by atomic mass is 9.96. The Hall–Kier alpha value is -2.50. The van der Waals surface area contributed by atoms with E-state index in [0.29, 0.717) is 11.1 Å². The average molecular weight is 308 g/mol. The molecule has 3 atom stereocenters. The summed E-state index contributed by atoms with van der Waals surface area (Å²) in [6, 6.07) is 16.2. The minimum absolute atomic E-state index is 0.142. The first kappa shape index (κ1) is 14.1. The molecule has 2 amide bonds. The van der Waals surface area contributed by atoms with Crippen molar-refractivity contribution < 1.29 is 14.7 Å². The monoisotopic (exact) mass is 308 g/mol. The van der Waals surface area contributed by atoms with Gasteiger partial charge in [-0.25, -0.2) is 5.01 Å². The first-order chi connectivity index (χ1) is 11.1. The fourth-order valence-corrected chi connectivity index (χ4v) is 3.58. The Balaban J connectivity index is 1.76. The van der Waals surface area contributed by atoms with Gasteiger partial charge in [-0.3, -0.25) is 9.59 Å². The van der Waals surface area contributed by atoms with E-state index < -0.39 is 5.54 Å². The van der Waals surface area contributed by atoms with E-state index in [4.69, 9.17) is 0 Å². The predicted molar refractivity (Wildman–Crippen MR) is 83.4 cm³/mol. The molecule has 116 valence electrons. The summed E-state index contributed by atoms with van der Waals surface area (Å²) in [5, 5.41) is 12.9. The second-order valence-electron chi connectivity index (χ2n) is 5.94. The number of carbonyl (C=O) groups excluding carboxylic acids is 2. The number of benzene rings is 2. The van der Waals surface area contributed by atoms with Gasteiger partial charge in [-0.15, -0.1) is 0 Å². The van der Waals surface area contributed by atoms with Crippen molar-refractivity contribution in [2.45, 2.75) is 18.5 Å². The van der Waals surface area contributed by atoms with Crippen molar-refractivity contribution in [2.75, 3.05) is 6.61 Å². The van der Waals surface area contributed by atoms with Crippen LogP contribution in [0.15, 0.2) is 54.6 Å². The van der Waals surface area contributed by atoms with Gasteiger partial charge in [-0.05, 0) is 24.6 Å². The molecule has 2 aliphatic heterocycles. The van der Waals surface area contributed by atoms with Gasteiger partial charge in [-0.1, -0.05) is 42.5 Å². The molecule has 5 heteroatoms. The van der Waals surface area contributed by atoms with Crippen LogP contribution < -0.4 is 0 Å². The van der Waals surface area contributed by atoms with E-state index in [9.17, 15) is 14.7 Å². The Labute approximate surface area is 133 Å². The minimum atomic E-state index is -0.728. The number of hydrogen-bond donors (Lipinski definition) is 1. The predicted octanol–water partition coefficient (Wildman–Crippen LogP) is 1.79. The Morgan fingerprint density at radius 1 is 0.957 bits per heavy atom. The van der Waals surface area contributed by atoms with E-state index in [1.807, 2.05) is 37.3 Å². The highest BCUT2D eigenvalue weighted by Gasteiger charge is 2.67. The molecule has 0 spiro atoms. The first-order valence-corrected chi connectivity index (χ1v) is 7.56. The number of hydrazine groups is 1. The van der Waals surface area contributed by atoms with E-state index in [2.05, 4.69) is 0 Å². The Bertz CT molecular complexity index is 770. The second kappa shape index (κ2) is 4.75. The number of aliphatic hydroxyl groups is 1. The molecular weight excluding hydrogens is 292 g/mol. The maximum absolute atomic E-state index is 12.7. The molecule has 0 aliphatic carbocycles. The fraction of sp³-hybridized carbons (Fsp3) is 0.222. The summed E-state index contributed by atoms with van der Waals surface area (Å²) in [4.78, 5) is 25.3. The van der Waals surface area contributed by atoms with Crippen LogP contribution in [0.1, 0.15) is 33.2 Å². The van der Waals surface area contributed by atoms with E-state index in [1.54, 1.807) is 29.3 Å². The number of hydrogen-bond acceptors (Lipinski definition) is 4. The maximum Gasteiger partial charge on any atom is 0.276 e. The number of amides is 2. The molecule has 0 aromatic heterocycles. The average Bonchev–Trinajstić information content (AvgIpc) is 3.11. The number of rotatable bonds is 3. The van der Waals surface area contributed by atoms with Crippen molar-refractivity contribution in [3.8, 4) is 0 Å². The summed E-state index contributed by atoms with van der Waals surface area (Å²) >= 11 is 0. The number of carbonyl (C=O) groups is 2. The van der Waals surface area contributed by atoms with Gasteiger partial charge in [0.1, 0.15) is 5.54 Å². The van der Waals surface area contributed by atoms with Crippen LogP contribution in [-0.2, 0) is 5.54 Å². The minimum Gasteiger partial charge on any atom is -0.394 e. The summed E-state index contributed by atoms with van der Waals surface area (Å²) in [5.74, 6) is -0.660. The first-order valence-electron chi connectivity index (χ1n) is 7.56. The van der Waals surface area contributed by atoms with Gasteiger partial charge < -0.3 is 5.11 Å². The molecule has 1 unspecified atom stereocenters. The van der Waals surface area contributed by atoms with Gasteiger partial charge in [0.2, 0.25) is 0 Å². The van der Waals surface area contributed by atoms with Crippen LogP contribution >= 0.6 is 0 Å². The summed E-state index contributed by atoms with van der Waals surface area (Å²) in [7, 11) is 0. The van der Waals surface area contributed by atoms with Crippen LogP contribution in [0.5, 0.6) is 0 Å². The summed E-state index contributed by atoms with van der Waals surface area (Å²) in [5.41, 5.74) is 0.994. The second-order valence-corrected chi connectivity index (χ2v) is 5.94. The van der Waals surface area contributed by atoms with Crippen LogP contribution in [0, 0.1) is 0 Å². The lowest BCUT2D eigenvalue weighted by Crippen LogP contribution is -2.40. The highest BCUT2D eigenvalue weighted by molar-refractivity contribution is 6.21. The Morgan fingerprint density at radius 2 is 1.48 bits per heavy atom. The molecule has 1 N–H and O–H groups in total. The molecule has 0 bridgehead atoms. The molecule has 5 nitrogen and oxygen atoms in total. The molecule has 0 radical (unpaired) electrons. The quantitative estimate of drug-likeness (QED) is 0.694. The van der Waals surface area contributed by atoms with Crippen molar-refractivity contribution in [3.63, 3.8) is 0 Å². The van der Waals surface area contributed by atoms with Gasteiger partial charge in [0.15, 0.2) is 0 Å². The smallest absolute Gasteiger partial charge is 0.276 e. The van der Waals surface area contributed by atoms with Gasteiger partial charge in [0.05, 0.1) is 23.8 Å². The molecule has 1 fully saturated rings. The van der Waals surface area contributed by atoms with Gasteiger partial charge in [-0.2, -0.15) is 5.01 Å². The molecule has 23 heavy (non-hydrogen) atoms. The van der Waals surface area contributed by atoms with Crippen molar-refractivity contribution in [1.82, 2.24) is 10.0 Å². The third-order valence-electron chi connectivity index (χ3n) is 4.90. The van der Waals surface area contributed by atoms with E-state index in [-0.39, 0.29) is 24.5 Å². The van der Waals surface area contributed by atoms with Crippen LogP contribution in [0.4, 0.5) is 0 Å². The largest absolute Gasteiger partial charge is 0.394 e. The van der Waals surface area contributed by atoms with Crippen molar-refractivity contribution >= 4 is 11.8 Å². The van der Waals surface area contributed by atoms with Crippen LogP contribution in [0.25, 0.3) is 0 Å². The molecule has 2 aromatic carbocycles. The zero-order chi connectivity index (χ0) is 16.2. The highest BCUT2D eigenvalue weighted by atomic mass is 16.3. The third kappa shape index (κ3) is 1.69. The van der Waals surface area contributed by atoms with E-state index in [0.717, 1.165) is 5.56 Å². The van der Waals surface area contributed by atoms with Crippen molar-refractivity contribution in [2.24, 2.45) is 0 Å². The highest BCUT2D eigenvalue weighted by Crippen LogP contribution is 2.52. The molecule has 2 aliphatic rings. The number of imide groups is 1. The van der Waals surface area contributed by atoms with E-state index >= 15 is 0 Å². The molecule has 1 saturated heterocycles. The molecular formula is C18H16N2O3. The van der Waals surface area contributed by atoms with Gasteiger partial charge in [0, 0.05) is 0 Å². The van der Waals surface area contributed by atoms with Crippen LogP contribution in [0.3, 0.4) is 0 Å². The molecule has 4 rings (SSSR count). The van der Waals surface area contributed by atoms with E-state index in [1.165, 1.54) is 5.01 Å². The SMILES string of the molecule is C[C@H]1N(N2C(=O)c3ccccc3C2=O)[C@]1(CO)c1ccccc1. The number of fused-ring (bicyclic) bond motifs is 1. The van der Waals surface area contributed by atoms with Crippen LogP contribution in [-0.4, -0.2) is 39.6 Å². The van der Waals surface area contributed by atoms with Gasteiger partial charge in [0.25, 0.3) is 11.8 Å². The Kier molecular flexibility index (Phi) is 2.91. The normalized spacial score (nSPS) is 28.9. The molecule has 0 saturated carbocycles. The third-order valence-corrected chi connectivity index (χ3v) is 4.90.